The van der Waals surface area contributed by atoms with Gasteiger partial charge in [-0.3, -0.25) is 4.79 Å². The first-order chi connectivity index (χ1) is 13.4. The topological polar surface area (TPSA) is 89.3 Å². The molecule has 0 bridgehead atoms. The highest BCUT2D eigenvalue weighted by molar-refractivity contribution is 7.91. The minimum Gasteiger partial charge on any atom is -0.441 e. The van der Waals surface area contributed by atoms with Gasteiger partial charge in [-0.25, -0.2) is 13.4 Å². The van der Waals surface area contributed by atoms with Crippen LogP contribution >= 0.6 is 0 Å². The third-order valence-electron chi connectivity index (χ3n) is 3.88. The summed E-state index contributed by atoms with van der Waals surface area (Å²) in [6, 6.07) is 14.3. The summed E-state index contributed by atoms with van der Waals surface area (Å²) in [7, 11) is -4.83. The molecule has 6 nitrogen and oxygen atoms in total. The maximum atomic E-state index is 12.8. The van der Waals surface area contributed by atoms with Crippen LogP contribution in [0.2, 0.25) is 0 Å². The van der Waals surface area contributed by atoms with Crippen molar-refractivity contribution in [3.8, 4) is 11.3 Å². The van der Waals surface area contributed by atoms with E-state index in [1.807, 2.05) is 30.3 Å². The minimum absolute atomic E-state index is 0.0577. The van der Waals surface area contributed by atoms with Gasteiger partial charge in [-0.1, -0.05) is 42.5 Å². The lowest BCUT2D eigenvalue weighted by Gasteiger charge is -2.10. The number of hydrogen-bond donors (Lipinski definition) is 1. The summed E-state index contributed by atoms with van der Waals surface area (Å²) >= 11 is 0. The highest BCUT2D eigenvalue weighted by atomic mass is 32.2. The quantitative estimate of drug-likeness (QED) is 0.643. The Morgan fingerprint density at radius 3 is 2.46 bits per heavy atom. The average Bonchev–Trinajstić information content (AvgIpc) is 3.16. The van der Waals surface area contributed by atoms with Crippen molar-refractivity contribution in [3.63, 3.8) is 0 Å². The number of carbonyl (C=O) groups excluding carboxylic acids is 1. The number of sulfone groups is 1. The van der Waals surface area contributed by atoms with Crippen LogP contribution in [0.15, 0.2) is 70.1 Å². The van der Waals surface area contributed by atoms with Gasteiger partial charge in [-0.15, -0.1) is 0 Å². The number of aryl methyl sites for hydroxylation is 1. The number of hydrogen-bond acceptors (Lipinski definition) is 5. The van der Waals surface area contributed by atoms with Crippen molar-refractivity contribution in [2.45, 2.75) is 23.5 Å². The van der Waals surface area contributed by atoms with E-state index in [2.05, 4.69) is 10.3 Å². The van der Waals surface area contributed by atoms with Crippen LogP contribution in [0.25, 0.3) is 11.3 Å². The fourth-order valence-electron chi connectivity index (χ4n) is 2.51. The van der Waals surface area contributed by atoms with Crippen molar-refractivity contribution >= 4 is 21.4 Å². The van der Waals surface area contributed by atoms with Gasteiger partial charge in [0.1, 0.15) is 0 Å². The van der Waals surface area contributed by atoms with Crippen LogP contribution in [0.4, 0.5) is 14.5 Å². The number of anilines is 1. The van der Waals surface area contributed by atoms with E-state index in [0.29, 0.717) is 11.7 Å². The van der Waals surface area contributed by atoms with Gasteiger partial charge in [0.05, 0.1) is 16.8 Å². The average molecular weight is 406 g/mol. The van der Waals surface area contributed by atoms with Gasteiger partial charge in [-0.05, 0) is 12.1 Å². The largest absolute Gasteiger partial charge is 0.441 e. The number of nitrogens with zero attached hydrogens (tertiary/aromatic N) is 1. The van der Waals surface area contributed by atoms with Gasteiger partial charge in [0, 0.05) is 18.4 Å². The number of aromatic nitrogens is 1. The van der Waals surface area contributed by atoms with E-state index in [9.17, 15) is 22.0 Å². The zero-order valence-corrected chi connectivity index (χ0v) is 15.3. The second-order valence-corrected chi connectivity index (χ2v) is 7.72. The molecule has 2 aromatic carbocycles. The molecule has 0 fully saturated rings. The highest BCUT2D eigenvalue weighted by Crippen LogP contribution is 2.26. The first-order valence-electron chi connectivity index (χ1n) is 8.29. The smallest absolute Gasteiger partial charge is 0.341 e. The molecular weight excluding hydrogens is 390 g/mol. The van der Waals surface area contributed by atoms with Crippen molar-refractivity contribution in [3.05, 3.63) is 66.7 Å². The molecule has 3 rings (SSSR count). The second-order valence-electron chi connectivity index (χ2n) is 5.83. The Kier molecular flexibility index (Phi) is 5.84. The molecule has 28 heavy (non-hydrogen) atoms. The van der Waals surface area contributed by atoms with E-state index >= 15 is 0 Å². The van der Waals surface area contributed by atoms with Gasteiger partial charge in [0.25, 0.3) is 0 Å². The number of halogens is 2. The summed E-state index contributed by atoms with van der Waals surface area (Å²) in [6.45, 7) is 0. The Morgan fingerprint density at radius 2 is 1.75 bits per heavy atom. The predicted octanol–water partition coefficient (Wildman–Crippen LogP) is 3.91. The second kappa shape index (κ2) is 8.30. The molecule has 0 unspecified atom stereocenters. The Bertz CT molecular complexity index is 1070. The van der Waals surface area contributed by atoms with Crippen LogP contribution in [0.3, 0.4) is 0 Å². The van der Waals surface area contributed by atoms with E-state index in [1.54, 1.807) is 6.20 Å². The number of alkyl halides is 2. The van der Waals surface area contributed by atoms with Crippen LogP contribution in [0.5, 0.6) is 0 Å². The molecule has 1 N–H and O–H groups in total. The van der Waals surface area contributed by atoms with Gasteiger partial charge < -0.3 is 9.73 Å². The van der Waals surface area contributed by atoms with Crippen LogP contribution < -0.4 is 5.32 Å². The summed E-state index contributed by atoms with van der Waals surface area (Å²) in [5, 5.41) is 2.36. The van der Waals surface area contributed by atoms with Gasteiger partial charge in [0.2, 0.25) is 15.7 Å². The zero-order valence-electron chi connectivity index (χ0n) is 14.5. The number of amides is 1. The predicted molar refractivity (Wildman–Crippen MR) is 98.5 cm³/mol. The lowest BCUT2D eigenvalue weighted by molar-refractivity contribution is -0.116. The number of carbonyl (C=O) groups is 1. The van der Waals surface area contributed by atoms with E-state index in [-0.39, 0.29) is 18.5 Å². The molecule has 0 radical (unpaired) electrons. The summed E-state index contributed by atoms with van der Waals surface area (Å²) in [6.07, 6.45) is 1.66. The molecule has 0 spiro atoms. The van der Waals surface area contributed by atoms with Gasteiger partial charge in [0.15, 0.2) is 11.7 Å². The van der Waals surface area contributed by atoms with Crippen molar-refractivity contribution < 1.29 is 26.4 Å². The van der Waals surface area contributed by atoms with Crippen LogP contribution in [0, 0.1) is 0 Å². The molecule has 0 aliphatic carbocycles. The van der Waals surface area contributed by atoms with Crippen molar-refractivity contribution in [1.29, 1.82) is 0 Å². The first-order valence-corrected chi connectivity index (χ1v) is 9.83. The lowest BCUT2D eigenvalue weighted by Crippen LogP contribution is -2.18. The summed E-state index contributed by atoms with van der Waals surface area (Å²) in [4.78, 5) is 15.6. The van der Waals surface area contributed by atoms with Gasteiger partial charge in [-0.2, -0.15) is 8.78 Å². The Labute approximate surface area is 160 Å². The summed E-state index contributed by atoms with van der Waals surface area (Å²) < 4.78 is 54.7. The van der Waals surface area contributed by atoms with Crippen LogP contribution in [-0.4, -0.2) is 25.1 Å². The van der Waals surface area contributed by atoms with E-state index < -0.39 is 26.4 Å². The van der Waals surface area contributed by atoms with Crippen LogP contribution in [-0.2, 0) is 21.1 Å². The number of para-hydroxylation sites is 1. The molecule has 0 saturated heterocycles. The molecule has 9 heteroatoms. The maximum Gasteiger partial charge on any atom is 0.341 e. The number of oxazole rings is 1. The van der Waals surface area contributed by atoms with E-state index in [4.69, 9.17) is 4.42 Å². The zero-order chi connectivity index (χ0) is 20.1. The molecule has 0 saturated carbocycles. The normalized spacial score (nSPS) is 11.5. The third-order valence-corrected chi connectivity index (χ3v) is 5.32. The molecule has 0 atom stereocenters. The molecule has 1 aromatic heterocycles. The van der Waals surface area contributed by atoms with Crippen LogP contribution in [0.1, 0.15) is 12.3 Å². The van der Waals surface area contributed by atoms with Gasteiger partial charge >= 0.3 is 5.76 Å². The summed E-state index contributed by atoms with van der Waals surface area (Å²) in [5.41, 5.74) is 0.655. The minimum atomic E-state index is -4.83. The fourth-order valence-corrected chi connectivity index (χ4v) is 3.39. The van der Waals surface area contributed by atoms with Crippen molar-refractivity contribution in [2.75, 3.05) is 5.32 Å². The number of nitrogens with one attached hydrogen (secondary N) is 1. The van der Waals surface area contributed by atoms with Crippen molar-refractivity contribution in [2.24, 2.45) is 0 Å². The Balaban J connectivity index is 1.66. The lowest BCUT2D eigenvalue weighted by atomic mass is 10.2. The fraction of sp³-hybridized carbons (Fsp3) is 0.158. The Morgan fingerprint density at radius 1 is 1.07 bits per heavy atom. The summed E-state index contributed by atoms with van der Waals surface area (Å²) in [5.74, 6) is -3.22. The molecule has 146 valence electrons. The monoisotopic (exact) mass is 406 g/mol. The van der Waals surface area contributed by atoms with E-state index in [0.717, 1.165) is 11.6 Å². The van der Waals surface area contributed by atoms with Crippen molar-refractivity contribution in [1.82, 2.24) is 4.98 Å². The van der Waals surface area contributed by atoms with E-state index in [1.165, 1.54) is 18.2 Å². The molecule has 0 aliphatic rings. The number of benzene rings is 2. The third kappa shape index (κ3) is 4.42. The maximum absolute atomic E-state index is 12.8. The molecule has 0 aliphatic heterocycles. The molecule has 3 aromatic rings. The molecule has 1 amide bonds. The SMILES string of the molecule is O=C(CCc1ncc(-c2ccccc2)o1)Nc1ccccc1S(=O)(=O)C(F)F. The highest BCUT2D eigenvalue weighted by Gasteiger charge is 2.29. The molecular formula is C19H16F2N2O4S. The standard InChI is InChI=1S/C19H16F2N2O4S/c20-19(21)28(25,26)16-9-5-4-8-14(16)23-17(24)10-11-18-22-12-15(27-18)13-6-2-1-3-7-13/h1-9,12,19H,10-11H2,(H,23,24). The first kappa shape index (κ1) is 19.7. The number of rotatable bonds is 7. The Hall–Kier alpha value is -3.07. The molecule has 1 heterocycles.